The number of methoxy groups -OCH3 is 1. The highest BCUT2D eigenvalue weighted by atomic mass is 32.2. The Bertz CT molecular complexity index is 800. The van der Waals surface area contributed by atoms with Crippen molar-refractivity contribution in [3.63, 3.8) is 0 Å². The van der Waals surface area contributed by atoms with Crippen LogP contribution in [0.1, 0.15) is 10.4 Å². The second-order valence-electron chi connectivity index (χ2n) is 4.45. The fourth-order valence-corrected chi connectivity index (χ4v) is 2.19. The number of ether oxygens (including phenoxy) is 2. The molecule has 7 heteroatoms. The molecule has 24 heavy (non-hydrogen) atoms. The van der Waals surface area contributed by atoms with Gasteiger partial charge < -0.3 is 9.47 Å². The zero-order valence-electron chi connectivity index (χ0n) is 13.1. The summed E-state index contributed by atoms with van der Waals surface area (Å²) in [4.78, 5) is 16.0. The number of thioether (sulfide) groups is 1. The van der Waals surface area contributed by atoms with E-state index in [0.717, 1.165) is 0 Å². The molecule has 2 aromatic rings. The van der Waals surface area contributed by atoms with E-state index >= 15 is 0 Å². The first-order chi connectivity index (χ1) is 11.7. The summed E-state index contributed by atoms with van der Waals surface area (Å²) in [6.07, 6.45) is 3.65. The van der Waals surface area contributed by atoms with Gasteiger partial charge in [0, 0.05) is 0 Å². The van der Waals surface area contributed by atoms with Crippen molar-refractivity contribution in [3.8, 4) is 17.7 Å². The van der Waals surface area contributed by atoms with Crippen molar-refractivity contribution in [2.24, 2.45) is 4.99 Å². The van der Waals surface area contributed by atoms with Gasteiger partial charge in [0.2, 0.25) is 0 Å². The van der Waals surface area contributed by atoms with Crippen molar-refractivity contribution in [1.82, 2.24) is 5.32 Å². The average Bonchev–Trinajstić information content (AvgIpc) is 2.62. The number of nitriles is 1. The minimum absolute atomic E-state index is 0.395. The third kappa shape index (κ3) is 4.51. The van der Waals surface area contributed by atoms with Gasteiger partial charge in [-0.2, -0.15) is 5.26 Å². The van der Waals surface area contributed by atoms with Gasteiger partial charge in [0.25, 0.3) is 0 Å². The number of hydrogen-bond donors (Lipinski definition) is 1. The third-order valence-electron chi connectivity index (χ3n) is 2.93. The summed E-state index contributed by atoms with van der Waals surface area (Å²) in [7, 11) is 1.33. The number of esters is 1. The third-order valence-corrected chi connectivity index (χ3v) is 3.51. The minimum Gasteiger partial charge on any atom is -0.465 e. The van der Waals surface area contributed by atoms with E-state index in [-0.39, 0.29) is 0 Å². The Morgan fingerprint density at radius 2 is 2.04 bits per heavy atom. The molecule has 122 valence electrons. The van der Waals surface area contributed by atoms with Gasteiger partial charge in [-0.3, -0.25) is 5.32 Å². The molecule has 0 radical (unpaired) electrons. The summed E-state index contributed by atoms with van der Waals surface area (Å²) in [5.74, 6) is 0.556. The Balaban J connectivity index is 2.31. The van der Waals surface area contributed by atoms with Crippen LogP contribution in [0.3, 0.4) is 0 Å². The van der Waals surface area contributed by atoms with Crippen molar-refractivity contribution in [1.29, 1.82) is 5.26 Å². The molecule has 0 bridgehead atoms. The van der Waals surface area contributed by atoms with Crippen LogP contribution < -0.4 is 10.1 Å². The quantitative estimate of drug-likeness (QED) is 0.300. The lowest BCUT2D eigenvalue weighted by atomic mass is 10.2. The number of nitrogens with zero attached hydrogens (tertiary/aromatic N) is 2. The molecule has 0 aliphatic heterocycles. The SMILES string of the molecule is COC(=O)c1cccc(Oc2ccccc2N=C(NC#N)SC)c1. The molecule has 0 unspecified atom stereocenters. The number of carbonyl (C=O) groups is 1. The highest BCUT2D eigenvalue weighted by molar-refractivity contribution is 8.13. The van der Waals surface area contributed by atoms with Crippen LogP contribution in [0.4, 0.5) is 5.69 Å². The fourth-order valence-electron chi connectivity index (χ4n) is 1.85. The second kappa shape index (κ2) is 8.60. The average molecular weight is 341 g/mol. The number of carbonyl (C=O) groups excluding carboxylic acids is 1. The van der Waals surface area contributed by atoms with Crippen molar-refractivity contribution in [2.75, 3.05) is 13.4 Å². The molecule has 0 heterocycles. The van der Waals surface area contributed by atoms with E-state index in [1.54, 1.807) is 36.4 Å². The molecule has 0 atom stereocenters. The highest BCUT2D eigenvalue weighted by Gasteiger charge is 2.09. The van der Waals surface area contributed by atoms with Crippen LogP contribution in [0.15, 0.2) is 53.5 Å². The number of hydrogen-bond acceptors (Lipinski definition) is 6. The Hall–Kier alpha value is -2.98. The van der Waals surface area contributed by atoms with E-state index < -0.39 is 5.97 Å². The molecule has 2 rings (SSSR count). The lowest BCUT2D eigenvalue weighted by Crippen LogP contribution is -2.12. The summed E-state index contributed by atoms with van der Waals surface area (Å²) < 4.78 is 10.5. The first kappa shape index (κ1) is 17.4. The molecule has 0 saturated heterocycles. The van der Waals surface area contributed by atoms with Crippen LogP contribution in [0.25, 0.3) is 0 Å². The standard InChI is InChI=1S/C17H15N3O3S/c1-22-16(21)12-6-5-7-13(10-12)23-15-9-4-3-8-14(15)20-17(24-2)19-11-18/h3-10H,1-2H3,(H,19,20). The first-order valence-electron chi connectivity index (χ1n) is 6.91. The number of benzene rings is 2. The molecule has 1 N–H and O–H groups in total. The predicted octanol–water partition coefficient (Wildman–Crippen LogP) is 3.69. The fraction of sp³-hybridized carbons (Fsp3) is 0.118. The van der Waals surface area contributed by atoms with E-state index in [9.17, 15) is 4.79 Å². The summed E-state index contributed by atoms with van der Waals surface area (Å²) >= 11 is 1.31. The van der Waals surface area contributed by atoms with Gasteiger partial charge in [0.05, 0.1) is 12.7 Å². The topological polar surface area (TPSA) is 83.7 Å². The van der Waals surface area contributed by atoms with E-state index in [0.29, 0.717) is 27.9 Å². The first-order valence-corrected chi connectivity index (χ1v) is 8.13. The Labute approximate surface area is 144 Å². The van der Waals surface area contributed by atoms with Gasteiger partial charge in [-0.15, -0.1) is 0 Å². The van der Waals surface area contributed by atoms with Crippen molar-refractivity contribution < 1.29 is 14.3 Å². The number of nitrogens with one attached hydrogen (secondary N) is 1. The zero-order valence-corrected chi connectivity index (χ0v) is 14.0. The predicted molar refractivity (Wildman–Crippen MR) is 93.7 cm³/mol. The smallest absolute Gasteiger partial charge is 0.337 e. The molecule has 0 spiro atoms. The van der Waals surface area contributed by atoms with Crippen LogP contribution in [0.2, 0.25) is 0 Å². The van der Waals surface area contributed by atoms with Crippen LogP contribution in [0, 0.1) is 11.5 Å². The zero-order chi connectivity index (χ0) is 17.4. The lowest BCUT2D eigenvalue weighted by molar-refractivity contribution is 0.0600. The molecule has 6 nitrogen and oxygen atoms in total. The molecule has 2 aromatic carbocycles. The minimum atomic E-state index is -0.436. The van der Waals surface area contributed by atoms with Crippen LogP contribution in [0.5, 0.6) is 11.5 Å². The molecular weight excluding hydrogens is 326 g/mol. The molecular formula is C17H15N3O3S. The van der Waals surface area contributed by atoms with Gasteiger partial charge in [-0.1, -0.05) is 30.0 Å². The van der Waals surface area contributed by atoms with Crippen molar-refractivity contribution >= 4 is 28.6 Å². The van der Waals surface area contributed by atoms with Crippen molar-refractivity contribution in [2.45, 2.75) is 0 Å². The number of aliphatic imine (C=N–C) groups is 1. The lowest BCUT2D eigenvalue weighted by Gasteiger charge is -2.10. The molecule has 0 saturated carbocycles. The van der Waals surface area contributed by atoms with Crippen LogP contribution in [-0.4, -0.2) is 24.5 Å². The Morgan fingerprint density at radius 1 is 1.25 bits per heavy atom. The van der Waals surface area contributed by atoms with E-state index in [1.165, 1.54) is 18.9 Å². The Morgan fingerprint density at radius 3 is 2.75 bits per heavy atom. The van der Waals surface area contributed by atoms with Gasteiger partial charge in [0.15, 0.2) is 17.1 Å². The van der Waals surface area contributed by atoms with E-state index in [1.807, 2.05) is 24.6 Å². The van der Waals surface area contributed by atoms with Gasteiger partial charge in [0.1, 0.15) is 11.4 Å². The van der Waals surface area contributed by atoms with Crippen LogP contribution in [-0.2, 0) is 4.74 Å². The maximum Gasteiger partial charge on any atom is 0.337 e. The molecule has 0 aliphatic carbocycles. The molecule has 0 aromatic heterocycles. The van der Waals surface area contributed by atoms with Crippen LogP contribution >= 0.6 is 11.8 Å². The van der Waals surface area contributed by atoms with Crippen molar-refractivity contribution in [3.05, 3.63) is 54.1 Å². The maximum atomic E-state index is 11.6. The summed E-state index contributed by atoms with van der Waals surface area (Å²) in [6.45, 7) is 0. The summed E-state index contributed by atoms with van der Waals surface area (Å²) in [5.41, 5.74) is 0.958. The number of amidine groups is 1. The number of para-hydroxylation sites is 2. The normalized spacial score (nSPS) is 10.6. The maximum absolute atomic E-state index is 11.6. The summed E-state index contributed by atoms with van der Waals surface area (Å²) in [5, 5.41) is 11.7. The molecule has 0 amide bonds. The number of rotatable bonds is 4. The van der Waals surface area contributed by atoms with Gasteiger partial charge in [-0.25, -0.2) is 9.79 Å². The highest BCUT2D eigenvalue weighted by Crippen LogP contribution is 2.32. The monoisotopic (exact) mass is 341 g/mol. The second-order valence-corrected chi connectivity index (χ2v) is 5.24. The van der Waals surface area contributed by atoms with Gasteiger partial charge >= 0.3 is 5.97 Å². The van der Waals surface area contributed by atoms with E-state index in [2.05, 4.69) is 10.3 Å². The summed E-state index contributed by atoms with van der Waals surface area (Å²) in [6, 6.07) is 13.8. The largest absolute Gasteiger partial charge is 0.465 e. The Kier molecular flexibility index (Phi) is 6.23. The van der Waals surface area contributed by atoms with Gasteiger partial charge in [-0.05, 0) is 36.6 Å². The van der Waals surface area contributed by atoms with E-state index in [4.69, 9.17) is 14.7 Å². The molecule has 0 fully saturated rings. The molecule has 0 aliphatic rings.